The highest BCUT2D eigenvalue weighted by Crippen LogP contribution is 2.31. The maximum Gasteiger partial charge on any atom is 0.344 e. The van der Waals surface area contributed by atoms with Crippen molar-refractivity contribution in [1.29, 1.82) is 0 Å². The van der Waals surface area contributed by atoms with E-state index < -0.39 is 12.1 Å². The van der Waals surface area contributed by atoms with Crippen LogP contribution in [0.15, 0.2) is 48.5 Å². The second-order valence-electron chi connectivity index (χ2n) is 6.81. The van der Waals surface area contributed by atoms with Crippen LogP contribution in [0.2, 0.25) is 0 Å². The van der Waals surface area contributed by atoms with Gasteiger partial charge in [-0.3, -0.25) is 4.79 Å². The molecule has 3 aromatic rings. The number of carboxylic acids is 1. The fourth-order valence-electron chi connectivity index (χ4n) is 3.44. The molecule has 0 aliphatic heterocycles. The number of primary amides is 1. The Bertz CT molecular complexity index is 1010. The summed E-state index contributed by atoms with van der Waals surface area (Å²) in [6, 6.07) is 15.4. The molecule has 0 radical (unpaired) electrons. The molecule has 0 aliphatic carbocycles. The Balaban J connectivity index is 2.09. The zero-order chi connectivity index (χ0) is 20.3. The van der Waals surface area contributed by atoms with Crippen LogP contribution in [0.1, 0.15) is 30.2 Å². The Morgan fingerprint density at radius 1 is 1.18 bits per heavy atom. The fraction of sp³-hybridized carbons (Fsp3) is 0.273. The van der Waals surface area contributed by atoms with Crippen LogP contribution in [0.3, 0.4) is 0 Å². The molecule has 0 spiro atoms. The molecule has 2 aromatic carbocycles. The highest BCUT2D eigenvalue weighted by molar-refractivity contribution is 5.91. The summed E-state index contributed by atoms with van der Waals surface area (Å²) in [7, 11) is 0. The van der Waals surface area contributed by atoms with E-state index in [1.54, 1.807) is 13.0 Å². The van der Waals surface area contributed by atoms with Crippen molar-refractivity contribution in [3.05, 3.63) is 65.4 Å². The van der Waals surface area contributed by atoms with E-state index in [2.05, 4.69) is 4.57 Å². The third kappa shape index (κ3) is 4.01. The molecule has 0 fully saturated rings. The molecule has 0 bridgehead atoms. The number of hydrogen-bond acceptors (Lipinski definition) is 3. The number of carboxylic acid groups (broad SMARTS) is 1. The molecule has 3 rings (SSSR count). The summed E-state index contributed by atoms with van der Waals surface area (Å²) in [4.78, 5) is 22.9. The lowest BCUT2D eigenvalue weighted by molar-refractivity contribution is -0.145. The van der Waals surface area contributed by atoms with Crippen molar-refractivity contribution in [2.45, 2.75) is 39.3 Å². The lowest BCUT2D eigenvalue weighted by atomic mass is 10.1. The van der Waals surface area contributed by atoms with Crippen LogP contribution >= 0.6 is 0 Å². The predicted octanol–water partition coefficient (Wildman–Crippen LogP) is 3.27. The van der Waals surface area contributed by atoms with Crippen LogP contribution in [-0.4, -0.2) is 27.7 Å². The van der Waals surface area contributed by atoms with Gasteiger partial charge in [-0.25, -0.2) is 4.79 Å². The average Bonchev–Trinajstić information content (AvgIpc) is 2.91. The zero-order valence-electron chi connectivity index (χ0n) is 16.0. The number of nitrogens with zero attached hydrogens (tertiary/aromatic N) is 1. The van der Waals surface area contributed by atoms with Crippen molar-refractivity contribution in [2.75, 3.05) is 0 Å². The number of ether oxygens (including phenoxy) is 1. The SMILES string of the molecule is CCC(Oc1ccc2c(CC(N)=O)c(C)n(Cc3ccccc3)c2c1)C(=O)O. The Morgan fingerprint density at radius 2 is 1.89 bits per heavy atom. The number of fused-ring (bicyclic) bond motifs is 1. The number of hydrogen-bond donors (Lipinski definition) is 2. The van der Waals surface area contributed by atoms with Crippen molar-refractivity contribution in [3.8, 4) is 5.75 Å². The van der Waals surface area contributed by atoms with Gasteiger partial charge in [0.2, 0.25) is 5.91 Å². The summed E-state index contributed by atoms with van der Waals surface area (Å²) in [6.45, 7) is 4.36. The van der Waals surface area contributed by atoms with Gasteiger partial charge in [0.1, 0.15) is 5.75 Å². The second-order valence-corrected chi connectivity index (χ2v) is 6.81. The zero-order valence-corrected chi connectivity index (χ0v) is 16.0. The quantitative estimate of drug-likeness (QED) is 0.627. The molecule has 1 aromatic heterocycles. The van der Waals surface area contributed by atoms with Crippen LogP contribution in [-0.2, 0) is 22.6 Å². The largest absolute Gasteiger partial charge is 0.479 e. The minimum Gasteiger partial charge on any atom is -0.479 e. The molecule has 0 saturated heterocycles. The van der Waals surface area contributed by atoms with Crippen LogP contribution in [0.25, 0.3) is 10.9 Å². The van der Waals surface area contributed by atoms with Gasteiger partial charge in [-0.2, -0.15) is 0 Å². The van der Waals surface area contributed by atoms with Crippen molar-refractivity contribution in [3.63, 3.8) is 0 Å². The van der Waals surface area contributed by atoms with E-state index >= 15 is 0 Å². The maximum atomic E-state index is 11.6. The number of aliphatic carboxylic acids is 1. The molecule has 0 aliphatic rings. The Morgan fingerprint density at radius 3 is 2.50 bits per heavy atom. The van der Waals surface area contributed by atoms with E-state index in [-0.39, 0.29) is 12.3 Å². The van der Waals surface area contributed by atoms with Crippen molar-refractivity contribution >= 4 is 22.8 Å². The fourth-order valence-corrected chi connectivity index (χ4v) is 3.44. The molecule has 6 heteroatoms. The number of nitrogens with two attached hydrogens (primary N) is 1. The lowest BCUT2D eigenvalue weighted by Crippen LogP contribution is -2.25. The maximum absolute atomic E-state index is 11.6. The summed E-state index contributed by atoms with van der Waals surface area (Å²) in [5.74, 6) is -0.897. The Hall–Kier alpha value is -3.28. The normalized spacial score (nSPS) is 12.1. The Labute approximate surface area is 163 Å². The van der Waals surface area contributed by atoms with Gasteiger partial charge in [0, 0.05) is 23.7 Å². The highest BCUT2D eigenvalue weighted by Gasteiger charge is 2.20. The first-order chi connectivity index (χ1) is 13.4. The molecule has 1 unspecified atom stereocenters. The number of rotatable bonds is 8. The first-order valence-corrected chi connectivity index (χ1v) is 9.24. The van der Waals surface area contributed by atoms with Gasteiger partial charge in [0.05, 0.1) is 11.9 Å². The molecule has 28 heavy (non-hydrogen) atoms. The smallest absolute Gasteiger partial charge is 0.344 e. The third-order valence-electron chi connectivity index (χ3n) is 4.89. The predicted molar refractivity (Wildman–Crippen MR) is 107 cm³/mol. The molecular formula is C22H24N2O4. The summed E-state index contributed by atoms with van der Waals surface area (Å²) in [6.07, 6.45) is -0.386. The number of carbonyl (C=O) groups is 2. The molecule has 3 N–H and O–H groups in total. The van der Waals surface area contributed by atoms with E-state index in [9.17, 15) is 14.7 Å². The summed E-state index contributed by atoms with van der Waals surface area (Å²) >= 11 is 0. The second kappa shape index (κ2) is 8.17. The minimum absolute atomic E-state index is 0.150. The Kier molecular flexibility index (Phi) is 5.68. The monoisotopic (exact) mass is 380 g/mol. The number of benzene rings is 2. The molecule has 1 heterocycles. The van der Waals surface area contributed by atoms with E-state index in [1.807, 2.05) is 49.4 Å². The molecule has 1 atom stereocenters. The number of carbonyl (C=O) groups excluding carboxylic acids is 1. The highest BCUT2D eigenvalue weighted by atomic mass is 16.5. The van der Waals surface area contributed by atoms with Crippen molar-refractivity contribution in [2.24, 2.45) is 5.73 Å². The van der Waals surface area contributed by atoms with Gasteiger partial charge in [0.15, 0.2) is 6.10 Å². The van der Waals surface area contributed by atoms with Crippen LogP contribution in [0, 0.1) is 6.92 Å². The molecule has 146 valence electrons. The van der Waals surface area contributed by atoms with Crippen LogP contribution < -0.4 is 10.5 Å². The molecular weight excluding hydrogens is 356 g/mol. The van der Waals surface area contributed by atoms with Gasteiger partial charge in [-0.05, 0) is 36.6 Å². The number of aromatic nitrogens is 1. The first kappa shape index (κ1) is 19.5. The minimum atomic E-state index is -0.993. The summed E-state index contributed by atoms with van der Waals surface area (Å²) < 4.78 is 7.77. The summed E-state index contributed by atoms with van der Waals surface area (Å²) in [5, 5.41) is 10.2. The molecule has 6 nitrogen and oxygen atoms in total. The lowest BCUT2D eigenvalue weighted by Gasteiger charge is -2.14. The van der Waals surface area contributed by atoms with Crippen molar-refractivity contribution in [1.82, 2.24) is 4.57 Å². The van der Waals surface area contributed by atoms with Crippen LogP contribution in [0.4, 0.5) is 0 Å². The van der Waals surface area contributed by atoms with Gasteiger partial charge >= 0.3 is 5.97 Å². The van der Waals surface area contributed by atoms with Gasteiger partial charge < -0.3 is 20.1 Å². The number of amides is 1. The van der Waals surface area contributed by atoms with Gasteiger partial charge in [0.25, 0.3) is 0 Å². The van der Waals surface area contributed by atoms with Crippen molar-refractivity contribution < 1.29 is 19.4 Å². The van der Waals surface area contributed by atoms with E-state index in [0.717, 1.165) is 27.7 Å². The van der Waals surface area contributed by atoms with Gasteiger partial charge in [-0.15, -0.1) is 0 Å². The third-order valence-corrected chi connectivity index (χ3v) is 4.89. The van der Waals surface area contributed by atoms with E-state index in [0.29, 0.717) is 18.7 Å². The average molecular weight is 380 g/mol. The molecule has 1 amide bonds. The van der Waals surface area contributed by atoms with E-state index in [4.69, 9.17) is 10.5 Å². The topological polar surface area (TPSA) is 94.5 Å². The summed E-state index contributed by atoms with van der Waals surface area (Å²) in [5.41, 5.74) is 9.30. The standard InChI is InChI=1S/C22H24N2O4/c1-3-20(22(26)27)28-16-9-10-17-18(12-21(23)25)14(2)24(19(17)11-16)13-15-7-5-4-6-8-15/h4-11,20H,3,12-13H2,1-2H3,(H2,23,25)(H,26,27). The van der Waals surface area contributed by atoms with Crippen LogP contribution in [0.5, 0.6) is 5.75 Å². The van der Waals surface area contributed by atoms with E-state index in [1.165, 1.54) is 0 Å². The van der Waals surface area contributed by atoms with Gasteiger partial charge in [-0.1, -0.05) is 37.3 Å². The molecule has 0 saturated carbocycles. The first-order valence-electron chi connectivity index (χ1n) is 9.24.